The van der Waals surface area contributed by atoms with Crippen LogP contribution in [0.25, 0.3) is 0 Å². The summed E-state index contributed by atoms with van der Waals surface area (Å²) >= 11 is 0. The third-order valence-electron chi connectivity index (χ3n) is 5.19. The standard InChI is InChI=1S/C20H25N5O2/c26-20(25-12-4-6-17(15-25)24-10-1-2-11-24)23-16-5-3-7-18(13-16)27-19-14-21-8-9-22-19/h3,5,7-9,13-14,17H,1-2,4,6,10-12,15H2,(H,23,26)/t17-/m0/s1. The number of hydrogen-bond acceptors (Lipinski definition) is 5. The molecule has 0 saturated carbocycles. The van der Waals surface area contributed by atoms with E-state index in [1.54, 1.807) is 24.7 Å². The second-order valence-corrected chi connectivity index (χ2v) is 7.09. The minimum Gasteiger partial charge on any atom is -0.437 e. The number of nitrogens with zero attached hydrogens (tertiary/aromatic N) is 4. The van der Waals surface area contributed by atoms with Crippen LogP contribution in [0.3, 0.4) is 0 Å². The summed E-state index contributed by atoms with van der Waals surface area (Å²) in [4.78, 5) is 25.3. The van der Waals surface area contributed by atoms with Crippen LogP contribution >= 0.6 is 0 Å². The molecule has 2 aliphatic rings. The number of aromatic nitrogens is 2. The average molecular weight is 367 g/mol. The predicted octanol–water partition coefficient (Wildman–Crippen LogP) is 3.36. The average Bonchev–Trinajstić information content (AvgIpc) is 3.24. The first-order valence-corrected chi connectivity index (χ1v) is 9.62. The number of hydrogen-bond donors (Lipinski definition) is 1. The lowest BCUT2D eigenvalue weighted by Gasteiger charge is -2.37. The molecule has 1 aromatic carbocycles. The molecule has 2 aliphatic heterocycles. The molecule has 3 heterocycles. The van der Waals surface area contributed by atoms with Gasteiger partial charge in [-0.25, -0.2) is 9.78 Å². The highest BCUT2D eigenvalue weighted by atomic mass is 16.5. The Balaban J connectivity index is 1.36. The zero-order chi connectivity index (χ0) is 18.5. The third-order valence-corrected chi connectivity index (χ3v) is 5.19. The molecule has 1 N–H and O–H groups in total. The van der Waals surface area contributed by atoms with E-state index in [0.717, 1.165) is 19.5 Å². The van der Waals surface area contributed by atoms with Crippen LogP contribution in [0.4, 0.5) is 10.5 Å². The van der Waals surface area contributed by atoms with Gasteiger partial charge in [-0.3, -0.25) is 9.88 Å². The second-order valence-electron chi connectivity index (χ2n) is 7.09. The number of benzene rings is 1. The van der Waals surface area contributed by atoms with E-state index in [9.17, 15) is 4.79 Å². The fourth-order valence-electron chi connectivity index (χ4n) is 3.84. The van der Waals surface area contributed by atoms with E-state index < -0.39 is 0 Å². The van der Waals surface area contributed by atoms with Gasteiger partial charge in [-0.1, -0.05) is 6.07 Å². The summed E-state index contributed by atoms with van der Waals surface area (Å²) in [6, 6.07) is 7.80. The number of carbonyl (C=O) groups excluding carboxylic acids is 1. The van der Waals surface area contributed by atoms with Crippen molar-refractivity contribution in [2.24, 2.45) is 0 Å². The van der Waals surface area contributed by atoms with Crippen molar-refractivity contribution in [2.45, 2.75) is 31.7 Å². The fraction of sp³-hybridized carbons (Fsp3) is 0.450. The van der Waals surface area contributed by atoms with Crippen molar-refractivity contribution in [3.05, 3.63) is 42.9 Å². The number of amides is 2. The lowest BCUT2D eigenvalue weighted by molar-refractivity contribution is 0.132. The van der Waals surface area contributed by atoms with Gasteiger partial charge in [-0.15, -0.1) is 0 Å². The first-order valence-electron chi connectivity index (χ1n) is 9.62. The Morgan fingerprint density at radius 2 is 2.04 bits per heavy atom. The summed E-state index contributed by atoms with van der Waals surface area (Å²) in [5.74, 6) is 1.03. The summed E-state index contributed by atoms with van der Waals surface area (Å²) in [5, 5.41) is 3.00. The number of urea groups is 1. The van der Waals surface area contributed by atoms with Gasteiger partial charge in [0.05, 0.1) is 6.20 Å². The van der Waals surface area contributed by atoms with Gasteiger partial charge in [0.25, 0.3) is 0 Å². The summed E-state index contributed by atoms with van der Waals surface area (Å²) < 4.78 is 5.69. The molecule has 2 aromatic rings. The van der Waals surface area contributed by atoms with E-state index in [-0.39, 0.29) is 6.03 Å². The maximum atomic E-state index is 12.7. The van der Waals surface area contributed by atoms with Crippen LogP contribution in [-0.2, 0) is 0 Å². The van der Waals surface area contributed by atoms with Gasteiger partial charge in [0, 0.05) is 43.3 Å². The van der Waals surface area contributed by atoms with Crippen molar-refractivity contribution in [3.8, 4) is 11.6 Å². The van der Waals surface area contributed by atoms with Crippen molar-refractivity contribution >= 4 is 11.7 Å². The molecule has 27 heavy (non-hydrogen) atoms. The first-order chi connectivity index (χ1) is 13.3. The zero-order valence-electron chi connectivity index (χ0n) is 15.4. The van der Waals surface area contributed by atoms with E-state index in [0.29, 0.717) is 23.4 Å². The molecule has 0 radical (unpaired) electrons. The highest BCUT2D eigenvalue weighted by Gasteiger charge is 2.29. The van der Waals surface area contributed by atoms with Crippen LogP contribution in [0.1, 0.15) is 25.7 Å². The van der Waals surface area contributed by atoms with Crippen molar-refractivity contribution < 1.29 is 9.53 Å². The summed E-state index contributed by atoms with van der Waals surface area (Å²) in [6.45, 7) is 3.96. The molecule has 0 aliphatic carbocycles. The molecule has 2 saturated heterocycles. The van der Waals surface area contributed by atoms with Crippen molar-refractivity contribution in [1.82, 2.24) is 19.8 Å². The number of carbonyl (C=O) groups is 1. The van der Waals surface area contributed by atoms with Crippen molar-refractivity contribution in [3.63, 3.8) is 0 Å². The lowest BCUT2D eigenvalue weighted by atomic mass is 10.0. The highest BCUT2D eigenvalue weighted by Crippen LogP contribution is 2.24. The first kappa shape index (κ1) is 17.7. The molecule has 7 nitrogen and oxygen atoms in total. The molecule has 2 amide bonds. The van der Waals surface area contributed by atoms with Gasteiger partial charge < -0.3 is 15.0 Å². The van der Waals surface area contributed by atoms with E-state index >= 15 is 0 Å². The Kier molecular flexibility index (Phi) is 5.48. The smallest absolute Gasteiger partial charge is 0.321 e. The number of piperidine rings is 1. The summed E-state index contributed by atoms with van der Waals surface area (Å²) in [5.41, 5.74) is 0.713. The Morgan fingerprint density at radius 1 is 1.15 bits per heavy atom. The molecule has 0 spiro atoms. The molecular weight excluding hydrogens is 342 g/mol. The molecular formula is C20H25N5O2. The maximum absolute atomic E-state index is 12.7. The third kappa shape index (κ3) is 4.54. The minimum atomic E-state index is -0.0458. The van der Waals surface area contributed by atoms with Gasteiger partial charge in [-0.2, -0.15) is 0 Å². The second kappa shape index (κ2) is 8.35. The number of anilines is 1. The van der Waals surface area contributed by atoms with E-state index in [4.69, 9.17) is 4.74 Å². The predicted molar refractivity (Wildman–Crippen MR) is 103 cm³/mol. The zero-order valence-corrected chi connectivity index (χ0v) is 15.4. The van der Waals surface area contributed by atoms with Gasteiger partial charge in [-0.05, 0) is 50.9 Å². The molecule has 1 atom stereocenters. The lowest BCUT2D eigenvalue weighted by Crippen LogP contribution is -2.50. The Morgan fingerprint density at radius 3 is 2.85 bits per heavy atom. The topological polar surface area (TPSA) is 70.6 Å². The highest BCUT2D eigenvalue weighted by molar-refractivity contribution is 5.89. The van der Waals surface area contributed by atoms with Gasteiger partial charge >= 0.3 is 6.03 Å². The van der Waals surface area contributed by atoms with Crippen molar-refractivity contribution in [2.75, 3.05) is 31.5 Å². The summed E-state index contributed by atoms with van der Waals surface area (Å²) in [7, 11) is 0. The number of likely N-dealkylation sites (tertiary alicyclic amines) is 2. The number of ether oxygens (including phenoxy) is 1. The van der Waals surface area contributed by atoms with Gasteiger partial charge in [0.15, 0.2) is 0 Å². The SMILES string of the molecule is O=C(Nc1cccc(Oc2cnccn2)c1)N1CCC[C@H](N2CCCC2)C1. The van der Waals surface area contributed by atoms with Crippen LogP contribution in [0, 0.1) is 0 Å². The molecule has 0 bridgehead atoms. The number of nitrogens with one attached hydrogen (secondary N) is 1. The Bertz CT molecular complexity index is 764. The van der Waals surface area contributed by atoms with E-state index in [1.165, 1.54) is 32.4 Å². The van der Waals surface area contributed by atoms with Gasteiger partial charge in [0.1, 0.15) is 5.75 Å². The number of rotatable bonds is 4. The van der Waals surface area contributed by atoms with E-state index in [2.05, 4.69) is 20.2 Å². The molecule has 2 fully saturated rings. The van der Waals surface area contributed by atoms with Gasteiger partial charge in [0.2, 0.25) is 5.88 Å². The summed E-state index contributed by atoms with van der Waals surface area (Å²) in [6.07, 6.45) is 9.53. The minimum absolute atomic E-state index is 0.0458. The molecule has 0 unspecified atom stereocenters. The normalized spacial score (nSPS) is 20.4. The largest absolute Gasteiger partial charge is 0.437 e. The molecule has 142 valence electrons. The van der Waals surface area contributed by atoms with Crippen LogP contribution in [0.5, 0.6) is 11.6 Å². The molecule has 7 heteroatoms. The quantitative estimate of drug-likeness (QED) is 0.897. The maximum Gasteiger partial charge on any atom is 0.321 e. The fourth-order valence-corrected chi connectivity index (χ4v) is 3.84. The molecule has 4 rings (SSSR count). The Hall–Kier alpha value is -2.67. The van der Waals surface area contributed by atoms with Crippen LogP contribution in [0.15, 0.2) is 42.9 Å². The van der Waals surface area contributed by atoms with Crippen LogP contribution in [-0.4, -0.2) is 58.0 Å². The van der Waals surface area contributed by atoms with Crippen LogP contribution in [0.2, 0.25) is 0 Å². The van der Waals surface area contributed by atoms with Crippen LogP contribution < -0.4 is 10.1 Å². The monoisotopic (exact) mass is 367 g/mol. The molecule has 1 aromatic heterocycles. The van der Waals surface area contributed by atoms with E-state index in [1.807, 2.05) is 23.1 Å². The Labute approximate surface area is 159 Å². The van der Waals surface area contributed by atoms with Crippen molar-refractivity contribution in [1.29, 1.82) is 0 Å².